The van der Waals surface area contributed by atoms with E-state index in [1.54, 1.807) is 6.92 Å². The molecule has 1 N–H and O–H groups in total. The molecule has 0 fully saturated rings. The molecule has 6 heteroatoms. The van der Waals surface area contributed by atoms with Gasteiger partial charge in [-0.2, -0.15) is 0 Å². The summed E-state index contributed by atoms with van der Waals surface area (Å²) in [6.45, 7) is 2.10. The van der Waals surface area contributed by atoms with E-state index in [1.165, 1.54) is 4.57 Å². The first-order valence-corrected chi connectivity index (χ1v) is 3.36. The molecule has 0 saturated heterocycles. The van der Waals surface area contributed by atoms with E-state index in [9.17, 15) is 14.5 Å². The van der Waals surface area contributed by atoms with E-state index < -0.39 is 11.2 Å². The molecule has 0 atom stereocenters. The minimum absolute atomic E-state index is 0.281. The Morgan fingerprint density at radius 2 is 2.25 bits per heavy atom. The van der Waals surface area contributed by atoms with E-state index in [0.29, 0.717) is 6.54 Å². The Morgan fingerprint density at radius 3 is 2.75 bits per heavy atom. The number of aryl methyl sites for hydroxylation is 1. The van der Waals surface area contributed by atoms with Crippen molar-refractivity contribution in [3.05, 3.63) is 31.9 Å². The van der Waals surface area contributed by atoms with Gasteiger partial charge in [-0.05, 0) is 12.1 Å². The lowest BCUT2D eigenvalue weighted by atomic mass is 10.5. The van der Waals surface area contributed by atoms with Crippen molar-refractivity contribution in [3.8, 4) is 0 Å². The summed E-state index contributed by atoms with van der Waals surface area (Å²) in [5.41, 5.74) is -1.56. The van der Waals surface area contributed by atoms with Crippen molar-refractivity contribution < 1.29 is 0 Å². The largest absolute Gasteiger partial charge is 0.328 e. The molecule has 0 unspecified atom stereocenters. The van der Waals surface area contributed by atoms with Gasteiger partial charge in [0, 0.05) is 12.7 Å². The molecule has 0 spiro atoms. The number of hydrogen-bond acceptors (Lipinski definition) is 4. The van der Waals surface area contributed by atoms with Gasteiger partial charge in [0.25, 0.3) is 5.56 Å². The van der Waals surface area contributed by atoms with Crippen LogP contribution in [-0.2, 0) is 6.54 Å². The Morgan fingerprint density at radius 1 is 1.58 bits per heavy atom. The lowest BCUT2D eigenvalue weighted by Crippen LogP contribution is -2.28. The van der Waals surface area contributed by atoms with Gasteiger partial charge in [-0.15, -0.1) is 4.91 Å². The van der Waals surface area contributed by atoms with Crippen LogP contribution in [0.5, 0.6) is 0 Å². The van der Waals surface area contributed by atoms with Crippen molar-refractivity contribution in [3.63, 3.8) is 0 Å². The zero-order chi connectivity index (χ0) is 9.14. The molecular formula is C6H7N3O3. The summed E-state index contributed by atoms with van der Waals surface area (Å²) in [6, 6.07) is 0. The van der Waals surface area contributed by atoms with Crippen molar-refractivity contribution in [2.75, 3.05) is 0 Å². The molecule has 1 rings (SSSR count). The average molecular weight is 169 g/mol. The van der Waals surface area contributed by atoms with Crippen LogP contribution in [0, 0.1) is 4.91 Å². The molecule has 0 aliphatic rings. The first-order valence-electron chi connectivity index (χ1n) is 3.36. The van der Waals surface area contributed by atoms with Crippen LogP contribution in [0.1, 0.15) is 6.92 Å². The summed E-state index contributed by atoms with van der Waals surface area (Å²) < 4.78 is 1.19. The van der Waals surface area contributed by atoms with Crippen LogP contribution >= 0.6 is 0 Å². The van der Waals surface area contributed by atoms with Gasteiger partial charge < -0.3 is 0 Å². The summed E-state index contributed by atoms with van der Waals surface area (Å²) in [7, 11) is 0. The number of hydrogen-bond donors (Lipinski definition) is 1. The second-order valence-corrected chi connectivity index (χ2v) is 2.15. The molecule has 1 heterocycles. The van der Waals surface area contributed by atoms with Crippen LogP contribution in [0.2, 0.25) is 0 Å². The topological polar surface area (TPSA) is 84.3 Å². The van der Waals surface area contributed by atoms with Crippen molar-refractivity contribution in [1.82, 2.24) is 9.55 Å². The molecule has 0 amide bonds. The number of nitrogens with one attached hydrogen (secondary N) is 1. The molecule has 0 bridgehead atoms. The number of rotatable bonds is 2. The lowest BCUT2D eigenvalue weighted by Gasteiger charge is -1.98. The predicted molar refractivity (Wildman–Crippen MR) is 42.5 cm³/mol. The first-order chi connectivity index (χ1) is 5.69. The van der Waals surface area contributed by atoms with Crippen molar-refractivity contribution in [2.45, 2.75) is 13.5 Å². The third-order valence-corrected chi connectivity index (χ3v) is 1.43. The summed E-state index contributed by atoms with van der Waals surface area (Å²) >= 11 is 0. The SMILES string of the molecule is CCn1cc(N=O)c(=O)[nH]c1=O. The van der Waals surface area contributed by atoms with Crippen LogP contribution in [0.3, 0.4) is 0 Å². The Bertz CT molecular complexity index is 403. The number of aromatic amines is 1. The highest BCUT2D eigenvalue weighted by molar-refractivity contribution is 5.28. The molecule has 0 saturated carbocycles. The Balaban J connectivity index is 3.47. The van der Waals surface area contributed by atoms with Crippen LogP contribution in [0.4, 0.5) is 5.69 Å². The zero-order valence-electron chi connectivity index (χ0n) is 6.40. The van der Waals surface area contributed by atoms with E-state index in [0.717, 1.165) is 6.20 Å². The van der Waals surface area contributed by atoms with Crippen LogP contribution in [-0.4, -0.2) is 9.55 Å². The highest BCUT2D eigenvalue weighted by Gasteiger charge is 2.02. The van der Waals surface area contributed by atoms with E-state index in [1.807, 2.05) is 4.98 Å². The highest BCUT2D eigenvalue weighted by atomic mass is 16.3. The quantitative estimate of drug-likeness (QED) is 0.630. The standard InChI is InChI=1S/C6H7N3O3/c1-2-9-3-4(8-12)5(10)7-6(9)11/h3H,2H2,1H3,(H,7,10,11). The average Bonchev–Trinajstić information content (AvgIpc) is 2.05. The second kappa shape index (κ2) is 3.12. The maximum atomic E-state index is 10.9. The molecule has 0 aliphatic heterocycles. The number of nitrogens with zero attached hydrogens (tertiary/aromatic N) is 2. The summed E-state index contributed by atoms with van der Waals surface area (Å²) in [6.07, 6.45) is 1.13. The van der Waals surface area contributed by atoms with Gasteiger partial charge in [-0.3, -0.25) is 14.3 Å². The lowest BCUT2D eigenvalue weighted by molar-refractivity contribution is 0.694. The van der Waals surface area contributed by atoms with Gasteiger partial charge in [0.05, 0.1) is 0 Å². The molecule has 6 nitrogen and oxygen atoms in total. The van der Waals surface area contributed by atoms with Gasteiger partial charge in [-0.25, -0.2) is 4.79 Å². The third kappa shape index (κ3) is 1.31. The van der Waals surface area contributed by atoms with Gasteiger partial charge in [-0.1, -0.05) is 0 Å². The molecule has 1 aromatic heterocycles. The normalized spacial score (nSPS) is 9.75. The van der Waals surface area contributed by atoms with Gasteiger partial charge in [0.15, 0.2) is 5.69 Å². The maximum absolute atomic E-state index is 10.9. The monoisotopic (exact) mass is 169 g/mol. The summed E-state index contributed by atoms with van der Waals surface area (Å²) in [5, 5.41) is 2.47. The van der Waals surface area contributed by atoms with E-state index in [4.69, 9.17) is 0 Å². The van der Waals surface area contributed by atoms with Crippen LogP contribution in [0.15, 0.2) is 21.0 Å². The number of H-pyrrole nitrogens is 1. The maximum Gasteiger partial charge on any atom is 0.328 e. The Hall–Kier alpha value is -1.72. The number of nitroso groups, excluding NO2 is 1. The Labute approximate surface area is 66.8 Å². The summed E-state index contributed by atoms with van der Waals surface area (Å²) in [4.78, 5) is 33.7. The van der Waals surface area contributed by atoms with Crippen molar-refractivity contribution in [2.24, 2.45) is 5.18 Å². The number of aromatic nitrogens is 2. The van der Waals surface area contributed by atoms with Gasteiger partial charge in [0.2, 0.25) is 0 Å². The fourth-order valence-corrected chi connectivity index (χ4v) is 0.798. The predicted octanol–water partition coefficient (Wildman–Crippen LogP) is -0.0456. The highest BCUT2D eigenvalue weighted by Crippen LogP contribution is 1.97. The third-order valence-electron chi connectivity index (χ3n) is 1.43. The van der Waals surface area contributed by atoms with Crippen LogP contribution < -0.4 is 11.2 Å². The second-order valence-electron chi connectivity index (χ2n) is 2.15. The molecule has 64 valence electrons. The molecule has 12 heavy (non-hydrogen) atoms. The molecule has 0 radical (unpaired) electrons. The van der Waals surface area contributed by atoms with E-state index >= 15 is 0 Å². The first kappa shape index (κ1) is 8.38. The van der Waals surface area contributed by atoms with Crippen molar-refractivity contribution in [1.29, 1.82) is 0 Å². The van der Waals surface area contributed by atoms with E-state index in [2.05, 4.69) is 5.18 Å². The molecule has 0 aromatic carbocycles. The molecule has 1 aromatic rings. The molecule has 0 aliphatic carbocycles. The minimum atomic E-state index is -0.750. The Kier molecular flexibility index (Phi) is 2.18. The fourth-order valence-electron chi connectivity index (χ4n) is 0.798. The fraction of sp³-hybridized carbons (Fsp3) is 0.333. The van der Waals surface area contributed by atoms with Gasteiger partial charge in [0.1, 0.15) is 0 Å². The van der Waals surface area contributed by atoms with Gasteiger partial charge >= 0.3 is 5.69 Å². The summed E-state index contributed by atoms with van der Waals surface area (Å²) in [5.74, 6) is 0. The van der Waals surface area contributed by atoms with Crippen LogP contribution in [0.25, 0.3) is 0 Å². The van der Waals surface area contributed by atoms with Crippen molar-refractivity contribution >= 4 is 5.69 Å². The smallest absolute Gasteiger partial charge is 0.299 e. The molecular weight excluding hydrogens is 162 g/mol. The van der Waals surface area contributed by atoms with E-state index in [-0.39, 0.29) is 5.69 Å². The minimum Gasteiger partial charge on any atom is -0.299 e. The zero-order valence-corrected chi connectivity index (χ0v) is 6.40.